The highest BCUT2D eigenvalue weighted by Crippen LogP contribution is 2.28. The lowest BCUT2D eigenvalue weighted by Gasteiger charge is -2.17. The number of thioether (sulfide) groups is 1. The van der Waals surface area contributed by atoms with Crippen LogP contribution < -0.4 is 16.0 Å². The SMILES string of the molecule is CCCSCC(NN)c1cccc(OC2CC2)c1. The summed E-state index contributed by atoms with van der Waals surface area (Å²) in [5.74, 6) is 8.79. The van der Waals surface area contributed by atoms with Gasteiger partial charge in [0.2, 0.25) is 0 Å². The van der Waals surface area contributed by atoms with Gasteiger partial charge in [0.05, 0.1) is 12.1 Å². The van der Waals surface area contributed by atoms with Gasteiger partial charge in [0.25, 0.3) is 0 Å². The zero-order chi connectivity index (χ0) is 12.8. The summed E-state index contributed by atoms with van der Waals surface area (Å²) in [6.45, 7) is 2.20. The molecule has 1 aliphatic rings. The van der Waals surface area contributed by atoms with E-state index in [1.54, 1.807) is 0 Å². The molecule has 0 heterocycles. The fourth-order valence-electron chi connectivity index (χ4n) is 1.77. The normalized spacial score (nSPS) is 16.6. The molecule has 3 nitrogen and oxygen atoms in total. The number of ether oxygens (including phenoxy) is 1. The van der Waals surface area contributed by atoms with Crippen LogP contribution in [0.4, 0.5) is 0 Å². The molecule has 18 heavy (non-hydrogen) atoms. The summed E-state index contributed by atoms with van der Waals surface area (Å²) in [6.07, 6.45) is 4.02. The van der Waals surface area contributed by atoms with Gasteiger partial charge >= 0.3 is 0 Å². The van der Waals surface area contributed by atoms with Crippen molar-refractivity contribution in [1.29, 1.82) is 0 Å². The molecule has 3 N–H and O–H groups in total. The minimum atomic E-state index is 0.198. The monoisotopic (exact) mass is 266 g/mol. The third-order valence-corrected chi connectivity index (χ3v) is 4.19. The van der Waals surface area contributed by atoms with Gasteiger partial charge in [-0.2, -0.15) is 11.8 Å². The highest BCUT2D eigenvalue weighted by atomic mass is 32.2. The Bertz CT molecular complexity index is 369. The molecule has 0 amide bonds. The number of nitrogens with one attached hydrogen (secondary N) is 1. The number of hydrogen-bond donors (Lipinski definition) is 2. The van der Waals surface area contributed by atoms with Crippen LogP contribution in [0.15, 0.2) is 24.3 Å². The fraction of sp³-hybridized carbons (Fsp3) is 0.571. The van der Waals surface area contributed by atoms with E-state index in [1.165, 1.54) is 30.6 Å². The summed E-state index contributed by atoms with van der Waals surface area (Å²) in [7, 11) is 0. The van der Waals surface area contributed by atoms with Gasteiger partial charge in [-0.15, -0.1) is 0 Å². The van der Waals surface area contributed by atoms with Gasteiger partial charge in [-0.1, -0.05) is 19.1 Å². The summed E-state index contributed by atoms with van der Waals surface area (Å²) in [5.41, 5.74) is 4.10. The number of rotatable bonds is 8. The summed E-state index contributed by atoms with van der Waals surface area (Å²) >= 11 is 1.93. The van der Waals surface area contributed by atoms with Crippen LogP contribution in [0.25, 0.3) is 0 Å². The lowest BCUT2D eigenvalue weighted by atomic mass is 10.1. The molecule has 100 valence electrons. The van der Waals surface area contributed by atoms with Crippen molar-refractivity contribution in [3.05, 3.63) is 29.8 Å². The van der Waals surface area contributed by atoms with E-state index in [-0.39, 0.29) is 6.04 Å². The Morgan fingerprint density at radius 2 is 2.33 bits per heavy atom. The van der Waals surface area contributed by atoms with Crippen molar-refractivity contribution in [1.82, 2.24) is 5.43 Å². The van der Waals surface area contributed by atoms with Crippen LogP contribution >= 0.6 is 11.8 Å². The average molecular weight is 266 g/mol. The van der Waals surface area contributed by atoms with Crippen LogP contribution in [-0.2, 0) is 0 Å². The second-order valence-corrected chi connectivity index (χ2v) is 5.83. The van der Waals surface area contributed by atoms with Crippen molar-refractivity contribution in [2.24, 2.45) is 5.84 Å². The fourth-order valence-corrected chi connectivity index (χ4v) is 2.75. The summed E-state index contributed by atoms with van der Waals surface area (Å²) < 4.78 is 5.81. The third kappa shape index (κ3) is 4.19. The van der Waals surface area contributed by atoms with Gasteiger partial charge in [0, 0.05) is 5.75 Å². The van der Waals surface area contributed by atoms with E-state index in [4.69, 9.17) is 10.6 Å². The number of benzene rings is 1. The Morgan fingerprint density at radius 3 is 3.00 bits per heavy atom. The molecule has 0 spiro atoms. The predicted octanol–water partition coefficient (Wildman–Crippen LogP) is 2.88. The van der Waals surface area contributed by atoms with E-state index < -0.39 is 0 Å². The smallest absolute Gasteiger partial charge is 0.120 e. The molecule has 1 aliphatic carbocycles. The van der Waals surface area contributed by atoms with Gasteiger partial charge < -0.3 is 4.74 Å². The van der Waals surface area contributed by atoms with E-state index >= 15 is 0 Å². The number of hydrazine groups is 1. The van der Waals surface area contributed by atoms with Crippen LogP contribution in [0.5, 0.6) is 5.75 Å². The molecule has 0 radical (unpaired) electrons. The second-order valence-electron chi connectivity index (χ2n) is 4.68. The van der Waals surface area contributed by atoms with Crippen molar-refractivity contribution in [3.8, 4) is 5.75 Å². The van der Waals surface area contributed by atoms with E-state index in [0.717, 1.165) is 11.5 Å². The van der Waals surface area contributed by atoms with Gasteiger partial charge in [0.1, 0.15) is 5.75 Å². The largest absolute Gasteiger partial charge is 0.490 e. The lowest BCUT2D eigenvalue weighted by Crippen LogP contribution is -2.29. The Morgan fingerprint density at radius 1 is 1.50 bits per heavy atom. The zero-order valence-corrected chi connectivity index (χ0v) is 11.7. The minimum absolute atomic E-state index is 0.198. The molecule has 1 unspecified atom stereocenters. The van der Waals surface area contributed by atoms with Gasteiger partial charge in [-0.3, -0.25) is 11.3 Å². The number of nitrogens with two attached hydrogens (primary N) is 1. The highest BCUT2D eigenvalue weighted by molar-refractivity contribution is 7.99. The van der Waals surface area contributed by atoms with E-state index in [1.807, 2.05) is 23.9 Å². The van der Waals surface area contributed by atoms with Gasteiger partial charge in [-0.25, -0.2) is 0 Å². The van der Waals surface area contributed by atoms with E-state index in [9.17, 15) is 0 Å². The average Bonchev–Trinajstić information content (AvgIpc) is 3.19. The molecule has 1 aromatic rings. The topological polar surface area (TPSA) is 47.3 Å². The molecule has 0 aliphatic heterocycles. The molecule has 1 atom stereocenters. The van der Waals surface area contributed by atoms with Crippen LogP contribution in [0.2, 0.25) is 0 Å². The van der Waals surface area contributed by atoms with Gasteiger partial charge in [0.15, 0.2) is 0 Å². The molecule has 1 fully saturated rings. The van der Waals surface area contributed by atoms with Crippen LogP contribution in [0.1, 0.15) is 37.8 Å². The van der Waals surface area contributed by atoms with Crippen molar-refractivity contribution >= 4 is 11.8 Å². The Labute approximate surface area is 113 Å². The summed E-state index contributed by atoms with van der Waals surface area (Å²) in [4.78, 5) is 0. The zero-order valence-electron chi connectivity index (χ0n) is 10.9. The third-order valence-electron chi connectivity index (χ3n) is 2.92. The Kier molecular flexibility index (Phi) is 5.35. The maximum Gasteiger partial charge on any atom is 0.120 e. The first-order chi connectivity index (χ1) is 8.83. The molecule has 0 aromatic heterocycles. The van der Waals surface area contributed by atoms with Crippen molar-refractivity contribution in [2.45, 2.75) is 38.3 Å². The molecule has 2 rings (SSSR count). The van der Waals surface area contributed by atoms with Crippen LogP contribution in [0.3, 0.4) is 0 Å². The lowest BCUT2D eigenvalue weighted by molar-refractivity contribution is 0.302. The molecule has 0 saturated heterocycles. The first-order valence-electron chi connectivity index (χ1n) is 6.64. The predicted molar refractivity (Wildman–Crippen MR) is 77.8 cm³/mol. The van der Waals surface area contributed by atoms with Crippen molar-refractivity contribution in [3.63, 3.8) is 0 Å². The van der Waals surface area contributed by atoms with Gasteiger partial charge in [-0.05, 0) is 42.7 Å². The summed E-state index contributed by atoms with van der Waals surface area (Å²) in [6, 6.07) is 8.48. The Hall–Kier alpha value is -0.710. The molecule has 1 aromatic carbocycles. The van der Waals surface area contributed by atoms with Crippen molar-refractivity contribution < 1.29 is 4.74 Å². The molecule has 4 heteroatoms. The quantitative estimate of drug-likeness (QED) is 0.431. The molecule has 0 bridgehead atoms. The van der Waals surface area contributed by atoms with Crippen LogP contribution in [-0.4, -0.2) is 17.6 Å². The second kappa shape index (κ2) is 7.02. The molecular formula is C14H22N2OS. The molecule has 1 saturated carbocycles. The standard InChI is InChI=1S/C14H22N2OS/c1-2-8-18-10-14(16-15)11-4-3-5-13(9-11)17-12-6-7-12/h3-5,9,12,14,16H,2,6-8,10,15H2,1H3. The van der Waals surface area contributed by atoms with E-state index in [0.29, 0.717) is 6.10 Å². The number of hydrogen-bond acceptors (Lipinski definition) is 4. The highest BCUT2D eigenvalue weighted by Gasteiger charge is 2.23. The van der Waals surface area contributed by atoms with Crippen molar-refractivity contribution in [2.75, 3.05) is 11.5 Å². The summed E-state index contributed by atoms with van der Waals surface area (Å²) in [5, 5.41) is 0. The van der Waals surface area contributed by atoms with E-state index in [2.05, 4.69) is 24.5 Å². The first kappa shape index (κ1) is 13.7. The molecular weight excluding hydrogens is 244 g/mol. The first-order valence-corrected chi connectivity index (χ1v) is 7.79. The minimum Gasteiger partial charge on any atom is -0.490 e. The Balaban J connectivity index is 1.95. The maximum atomic E-state index is 5.81. The maximum absolute atomic E-state index is 5.81. The van der Waals surface area contributed by atoms with Crippen LogP contribution in [0, 0.1) is 0 Å².